The Morgan fingerprint density at radius 2 is 1.96 bits per heavy atom. The van der Waals surface area contributed by atoms with E-state index in [4.69, 9.17) is 0 Å². The van der Waals surface area contributed by atoms with Crippen LogP contribution in [0.15, 0.2) is 47.5 Å². The van der Waals surface area contributed by atoms with Crippen LogP contribution in [0.1, 0.15) is 34.5 Å². The Morgan fingerprint density at radius 1 is 1.20 bits per heavy atom. The Kier molecular flexibility index (Phi) is 5.15. The number of pyridine rings is 1. The smallest absolute Gasteiger partial charge is 0.254 e. The maximum Gasteiger partial charge on any atom is 0.254 e. The number of carbonyl (C=O) groups is 1. The van der Waals surface area contributed by atoms with Gasteiger partial charge in [0.1, 0.15) is 0 Å². The highest BCUT2D eigenvalue weighted by atomic mass is 32.2. The monoisotopic (exact) mass is 359 g/mol. The third-order valence-electron chi connectivity index (χ3n) is 4.31. The molecule has 1 aliphatic heterocycles. The number of hydrogen-bond acceptors (Lipinski definition) is 4. The standard InChI is InChI=1S/C18H21N3O3S/c1-14-7-8-16(12-17(14)18(22)21-10-4-5-11-21)25(23,24)20-13-15-6-2-3-9-19-15/h2-3,6-9,12,20H,4-5,10-11,13H2,1H3. The average Bonchev–Trinajstić information content (AvgIpc) is 3.15. The van der Waals surface area contributed by atoms with E-state index in [1.54, 1.807) is 35.4 Å². The molecule has 0 aliphatic carbocycles. The van der Waals surface area contributed by atoms with Crippen LogP contribution in [0.2, 0.25) is 0 Å². The van der Waals surface area contributed by atoms with Gasteiger partial charge in [0.05, 0.1) is 17.1 Å². The Morgan fingerprint density at radius 3 is 2.64 bits per heavy atom. The Labute approximate surface area is 147 Å². The summed E-state index contributed by atoms with van der Waals surface area (Å²) in [5.74, 6) is -0.100. The number of benzene rings is 1. The topological polar surface area (TPSA) is 79.4 Å². The van der Waals surface area contributed by atoms with Gasteiger partial charge < -0.3 is 4.90 Å². The fourth-order valence-electron chi connectivity index (χ4n) is 2.84. The minimum Gasteiger partial charge on any atom is -0.339 e. The van der Waals surface area contributed by atoms with Gasteiger partial charge in [-0.25, -0.2) is 13.1 Å². The van der Waals surface area contributed by atoms with Crippen LogP contribution >= 0.6 is 0 Å². The van der Waals surface area contributed by atoms with Gasteiger partial charge in [-0.1, -0.05) is 12.1 Å². The van der Waals surface area contributed by atoms with Gasteiger partial charge in [0.15, 0.2) is 0 Å². The number of aryl methyl sites for hydroxylation is 1. The van der Waals surface area contributed by atoms with Gasteiger partial charge in [-0.05, 0) is 49.6 Å². The third kappa shape index (κ3) is 4.05. The Balaban J connectivity index is 1.81. The SMILES string of the molecule is Cc1ccc(S(=O)(=O)NCc2ccccn2)cc1C(=O)N1CCCC1. The summed E-state index contributed by atoms with van der Waals surface area (Å²) >= 11 is 0. The van der Waals surface area contributed by atoms with Crippen molar-refractivity contribution in [3.8, 4) is 0 Å². The van der Waals surface area contributed by atoms with Gasteiger partial charge in [-0.15, -0.1) is 0 Å². The molecule has 1 aromatic carbocycles. The summed E-state index contributed by atoms with van der Waals surface area (Å²) in [7, 11) is -3.72. The number of carbonyl (C=O) groups excluding carboxylic acids is 1. The van der Waals surface area contributed by atoms with E-state index >= 15 is 0 Å². The number of nitrogens with zero attached hydrogens (tertiary/aromatic N) is 2. The molecule has 0 saturated carbocycles. The number of hydrogen-bond donors (Lipinski definition) is 1. The molecule has 0 bridgehead atoms. The normalized spacial score (nSPS) is 14.7. The summed E-state index contributed by atoms with van der Waals surface area (Å²) in [5.41, 5.74) is 1.86. The van der Waals surface area contributed by atoms with Crippen molar-refractivity contribution in [2.45, 2.75) is 31.2 Å². The van der Waals surface area contributed by atoms with Gasteiger partial charge >= 0.3 is 0 Å². The molecular formula is C18H21N3O3S. The lowest BCUT2D eigenvalue weighted by atomic mass is 10.1. The molecule has 0 atom stereocenters. The van der Waals surface area contributed by atoms with Crippen molar-refractivity contribution < 1.29 is 13.2 Å². The lowest BCUT2D eigenvalue weighted by Crippen LogP contribution is -2.29. The first-order chi connectivity index (χ1) is 12.0. The Bertz CT molecular complexity index is 860. The highest BCUT2D eigenvalue weighted by Gasteiger charge is 2.23. The summed E-state index contributed by atoms with van der Waals surface area (Å²) in [5, 5.41) is 0. The molecule has 25 heavy (non-hydrogen) atoms. The number of rotatable bonds is 5. The van der Waals surface area contributed by atoms with Crippen molar-refractivity contribution in [1.82, 2.24) is 14.6 Å². The van der Waals surface area contributed by atoms with Crippen LogP contribution in [-0.2, 0) is 16.6 Å². The molecule has 1 amide bonds. The van der Waals surface area contributed by atoms with Crippen molar-refractivity contribution >= 4 is 15.9 Å². The van der Waals surface area contributed by atoms with Crippen LogP contribution in [0.5, 0.6) is 0 Å². The van der Waals surface area contributed by atoms with Crippen molar-refractivity contribution in [3.63, 3.8) is 0 Å². The van der Waals surface area contributed by atoms with E-state index in [0.29, 0.717) is 11.3 Å². The molecule has 0 spiro atoms. The van der Waals surface area contributed by atoms with E-state index in [1.807, 2.05) is 6.92 Å². The first-order valence-corrected chi connectivity index (χ1v) is 9.75. The number of sulfonamides is 1. The maximum atomic E-state index is 12.6. The van der Waals surface area contributed by atoms with Crippen molar-refractivity contribution in [3.05, 3.63) is 59.4 Å². The molecule has 0 unspecified atom stereocenters. The molecule has 132 valence electrons. The second kappa shape index (κ2) is 7.33. The van der Waals surface area contributed by atoms with E-state index in [9.17, 15) is 13.2 Å². The van der Waals surface area contributed by atoms with Crippen LogP contribution in [0.3, 0.4) is 0 Å². The third-order valence-corrected chi connectivity index (χ3v) is 5.71. The lowest BCUT2D eigenvalue weighted by molar-refractivity contribution is 0.0792. The van der Waals surface area contributed by atoms with Gasteiger partial charge in [0.2, 0.25) is 10.0 Å². The first kappa shape index (κ1) is 17.6. The molecule has 6 nitrogen and oxygen atoms in total. The fraction of sp³-hybridized carbons (Fsp3) is 0.333. The van der Waals surface area contributed by atoms with E-state index in [2.05, 4.69) is 9.71 Å². The van der Waals surface area contributed by atoms with Gasteiger partial charge in [-0.2, -0.15) is 0 Å². The number of aromatic nitrogens is 1. The predicted octanol–water partition coefficient (Wildman–Crippen LogP) is 2.10. The van der Waals surface area contributed by atoms with E-state index in [1.165, 1.54) is 12.1 Å². The highest BCUT2D eigenvalue weighted by Crippen LogP contribution is 2.20. The number of amides is 1. The van der Waals surface area contributed by atoms with E-state index < -0.39 is 10.0 Å². The minimum atomic E-state index is -3.72. The molecule has 1 aromatic heterocycles. The first-order valence-electron chi connectivity index (χ1n) is 8.27. The van der Waals surface area contributed by atoms with Crippen LogP contribution in [0.25, 0.3) is 0 Å². The molecule has 0 radical (unpaired) electrons. The second-order valence-electron chi connectivity index (χ2n) is 6.12. The highest BCUT2D eigenvalue weighted by molar-refractivity contribution is 7.89. The molecule has 2 aromatic rings. The van der Waals surface area contributed by atoms with E-state index in [0.717, 1.165) is 31.5 Å². The van der Waals surface area contributed by atoms with Crippen molar-refractivity contribution in [1.29, 1.82) is 0 Å². The Hall–Kier alpha value is -2.25. The van der Waals surface area contributed by atoms with Crippen LogP contribution in [0.4, 0.5) is 0 Å². The zero-order chi connectivity index (χ0) is 17.9. The maximum absolute atomic E-state index is 12.6. The van der Waals surface area contributed by atoms with E-state index in [-0.39, 0.29) is 17.3 Å². The molecule has 2 heterocycles. The quantitative estimate of drug-likeness (QED) is 0.887. The zero-order valence-electron chi connectivity index (χ0n) is 14.1. The van der Waals surface area contributed by atoms with Gasteiger partial charge in [0.25, 0.3) is 5.91 Å². The molecule has 7 heteroatoms. The molecule has 1 fully saturated rings. The number of nitrogens with one attached hydrogen (secondary N) is 1. The summed E-state index contributed by atoms with van der Waals surface area (Å²) in [6, 6.07) is 10.00. The predicted molar refractivity (Wildman–Crippen MR) is 94.6 cm³/mol. The molecule has 1 N–H and O–H groups in total. The van der Waals surface area contributed by atoms with Crippen LogP contribution < -0.4 is 4.72 Å². The molecule has 3 rings (SSSR count). The molecule has 1 aliphatic rings. The van der Waals surface area contributed by atoms with Crippen LogP contribution in [-0.4, -0.2) is 37.3 Å². The largest absolute Gasteiger partial charge is 0.339 e. The van der Waals surface area contributed by atoms with Gasteiger partial charge in [0, 0.05) is 24.8 Å². The number of likely N-dealkylation sites (tertiary alicyclic amines) is 1. The summed E-state index contributed by atoms with van der Waals surface area (Å²) in [4.78, 5) is 18.6. The fourth-order valence-corrected chi connectivity index (χ4v) is 3.87. The average molecular weight is 359 g/mol. The van der Waals surface area contributed by atoms with Crippen molar-refractivity contribution in [2.75, 3.05) is 13.1 Å². The summed E-state index contributed by atoms with van der Waals surface area (Å²) in [6.45, 7) is 3.38. The zero-order valence-corrected chi connectivity index (χ0v) is 14.9. The summed E-state index contributed by atoms with van der Waals surface area (Å²) < 4.78 is 27.6. The summed E-state index contributed by atoms with van der Waals surface area (Å²) in [6.07, 6.45) is 3.60. The minimum absolute atomic E-state index is 0.0941. The van der Waals surface area contributed by atoms with Crippen LogP contribution in [0, 0.1) is 6.92 Å². The molecule has 1 saturated heterocycles. The van der Waals surface area contributed by atoms with Crippen molar-refractivity contribution in [2.24, 2.45) is 0 Å². The lowest BCUT2D eigenvalue weighted by Gasteiger charge is -2.17. The second-order valence-corrected chi connectivity index (χ2v) is 7.89. The van der Waals surface area contributed by atoms with Gasteiger partial charge in [-0.3, -0.25) is 9.78 Å². The molecular weight excluding hydrogens is 338 g/mol.